The molecule has 0 aliphatic heterocycles. The predicted octanol–water partition coefficient (Wildman–Crippen LogP) is 2.90. The second-order valence-electron chi connectivity index (χ2n) is 5.45. The van der Waals surface area contributed by atoms with Crippen molar-refractivity contribution < 1.29 is 29.2 Å². The Balaban J connectivity index is 2.31. The lowest BCUT2D eigenvalue weighted by Crippen LogP contribution is -2.02. The number of phenolic OH excluding ortho intramolecular Hbond substituents is 3. The smallest absolute Gasteiger partial charge is 0.200 e. The van der Waals surface area contributed by atoms with E-state index in [-0.39, 0.29) is 51.0 Å². The third kappa shape index (κ3) is 2.59. The Labute approximate surface area is 142 Å². The zero-order chi connectivity index (χ0) is 18.3. The minimum absolute atomic E-state index is 0.0169. The van der Waals surface area contributed by atoms with Crippen molar-refractivity contribution in [1.82, 2.24) is 0 Å². The first kappa shape index (κ1) is 16.5. The summed E-state index contributed by atoms with van der Waals surface area (Å²) in [5.41, 5.74) is 0.183. The summed E-state index contributed by atoms with van der Waals surface area (Å²) in [6.07, 6.45) is 0. The fraction of sp³-hybridized carbons (Fsp3) is 0.167. The third-order valence-corrected chi connectivity index (χ3v) is 3.98. The highest BCUT2D eigenvalue weighted by molar-refractivity contribution is 5.88. The molecular weight excluding hydrogens is 328 g/mol. The highest BCUT2D eigenvalue weighted by Gasteiger charge is 2.18. The lowest BCUT2D eigenvalue weighted by Gasteiger charge is -2.12. The van der Waals surface area contributed by atoms with E-state index in [0.29, 0.717) is 5.56 Å². The first-order chi connectivity index (χ1) is 11.9. The molecule has 0 bridgehead atoms. The molecule has 3 aromatic rings. The van der Waals surface area contributed by atoms with Crippen LogP contribution in [0.2, 0.25) is 0 Å². The van der Waals surface area contributed by atoms with E-state index in [1.54, 1.807) is 0 Å². The SMILES string of the molecule is COc1cc(-c2cc(=O)c3c(O)c(C)c(O)cc3o2)cc(OC)c1O. The highest BCUT2D eigenvalue weighted by Crippen LogP contribution is 2.41. The molecule has 130 valence electrons. The number of fused-ring (bicyclic) bond motifs is 1. The summed E-state index contributed by atoms with van der Waals surface area (Å²) in [4.78, 5) is 12.4. The maximum absolute atomic E-state index is 12.4. The molecule has 3 rings (SSSR count). The van der Waals surface area contributed by atoms with Crippen molar-refractivity contribution in [2.24, 2.45) is 0 Å². The number of phenols is 3. The molecular formula is C18H16O7. The van der Waals surface area contributed by atoms with E-state index in [1.165, 1.54) is 45.4 Å². The predicted molar refractivity (Wildman–Crippen MR) is 90.8 cm³/mol. The van der Waals surface area contributed by atoms with Crippen molar-refractivity contribution in [1.29, 1.82) is 0 Å². The minimum atomic E-state index is -0.470. The molecule has 0 aliphatic carbocycles. The molecule has 1 aromatic heterocycles. The van der Waals surface area contributed by atoms with Crippen molar-refractivity contribution in [3.8, 4) is 40.1 Å². The molecule has 3 N–H and O–H groups in total. The number of ether oxygens (including phenoxy) is 2. The highest BCUT2D eigenvalue weighted by atomic mass is 16.5. The molecule has 0 fully saturated rings. The van der Waals surface area contributed by atoms with E-state index in [4.69, 9.17) is 13.9 Å². The van der Waals surface area contributed by atoms with Crippen molar-refractivity contribution in [2.45, 2.75) is 6.92 Å². The molecule has 0 aliphatic rings. The van der Waals surface area contributed by atoms with Gasteiger partial charge in [0.2, 0.25) is 5.75 Å². The maximum atomic E-state index is 12.4. The van der Waals surface area contributed by atoms with Crippen LogP contribution in [-0.2, 0) is 0 Å². The lowest BCUT2D eigenvalue weighted by molar-refractivity contribution is 0.340. The lowest BCUT2D eigenvalue weighted by atomic mass is 10.1. The van der Waals surface area contributed by atoms with Gasteiger partial charge in [-0.05, 0) is 19.1 Å². The maximum Gasteiger partial charge on any atom is 0.200 e. The summed E-state index contributed by atoms with van der Waals surface area (Å²) in [6, 6.07) is 5.44. The van der Waals surface area contributed by atoms with Gasteiger partial charge in [0.25, 0.3) is 0 Å². The van der Waals surface area contributed by atoms with Gasteiger partial charge in [-0.25, -0.2) is 0 Å². The summed E-state index contributed by atoms with van der Waals surface area (Å²) < 4.78 is 15.9. The summed E-state index contributed by atoms with van der Waals surface area (Å²) >= 11 is 0. The van der Waals surface area contributed by atoms with Gasteiger partial charge in [0, 0.05) is 23.3 Å². The van der Waals surface area contributed by atoms with Gasteiger partial charge in [0.15, 0.2) is 16.9 Å². The summed E-state index contributed by atoms with van der Waals surface area (Å²) in [7, 11) is 2.77. The monoisotopic (exact) mass is 344 g/mol. The Morgan fingerprint density at radius 3 is 2.08 bits per heavy atom. The van der Waals surface area contributed by atoms with Crippen LogP contribution < -0.4 is 14.9 Å². The number of hydrogen-bond donors (Lipinski definition) is 3. The number of benzene rings is 2. The van der Waals surface area contributed by atoms with Gasteiger partial charge >= 0.3 is 0 Å². The Hall–Kier alpha value is -3.35. The Morgan fingerprint density at radius 1 is 0.920 bits per heavy atom. The molecule has 0 saturated carbocycles. The summed E-state index contributed by atoms with van der Waals surface area (Å²) in [5, 5.41) is 29.9. The Bertz CT molecular complexity index is 1010. The van der Waals surface area contributed by atoms with E-state index >= 15 is 0 Å². The van der Waals surface area contributed by atoms with Crippen LogP contribution >= 0.6 is 0 Å². The van der Waals surface area contributed by atoms with Crippen molar-refractivity contribution >= 4 is 11.0 Å². The first-order valence-electron chi connectivity index (χ1n) is 7.32. The molecule has 0 unspecified atom stereocenters. The van der Waals surface area contributed by atoms with Crippen LogP contribution in [0.4, 0.5) is 0 Å². The molecule has 2 aromatic carbocycles. The molecule has 0 amide bonds. The largest absolute Gasteiger partial charge is 0.507 e. The molecule has 0 atom stereocenters. The van der Waals surface area contributed by atoms with Gasteiger partial charge in [-0.1, -0.05) is 0 Å². The van der Waals surface area contributed by atoms with Crippen LogP contribution in [0.15, 0.2) is 33.5 Å². The molecule has 7 nitrogen and oxygen atoms in total. The normalized spacial score (nSPS) is 10.8. The van der Waals surface area contributed by atoms with Crippen LogP contribution in [0, 0.1) is 6.92 Å². The second kappa shape index (κ2) is 5.94. The van der Waals surface area contributed by atoms with Crippen LogP contribution in [0.3, 0.4) is 0 Å². The fourth-order valence-corrected chi connectivity index (χ4v) is 2.57. The van der Waals surface area contributed by atoms with Crippen LogP contribution in [0.1, 0.15) is 5.56 Å². The van der Waals surface area contributed by atoms with E-state index in [0.717, 1.165) is 0 Å². The standard InChI is InChI=1S/C18H16O7/c1-8-10(19)6-13-16(17(8)21)11(20)7-12(25-13)9-4-14(23-2)18(22)15(5-9)24-3/h4-7,19,21-22H,1-3H3. The third-order valence-electron chi connectivity index (χ3n) is 3.98. The van der Waals surface area contributed by atoms with Gasteiger partial charge in [0.1, 0.15) is 28.2 Å². The number of hydrogen-bond acceptors (Lipinski definition) is 7. The average molecular weight is 344 g/mol. The van der Waals surface area contributed by atoms with Crippen molar-refractivity contribution in [3.05, 3.63) is 40.1 Å². The summed E-state index contributed by atoms with van der Waals surface area (Å²) in [5.74, 6) is -0.236. The molecule has 1 heterocycles. The van der Waals surface area contributed by atoms with Crippen molar-refractivity contribution in [2.75, 3.05) is 14.2 Å². The Kier molecular flexibility index (Phi) is 3.92. The van der Waals surface area contributed by atoms with E-state index < -0.39 is 5.43 Å². The van der Waals surface area contributed by atoms with Gasteiger partial charge < -0.3 is 29.2 Å². The quantitative estimate of drug-likeness (QED) is 0.670. The zero-order valence-corrected chi connectivity index (χ0v) is 13.8. The van der Waals surface area contributed by atoms with Crippen molar-refractivity contribution in [3.63, 3.8) is 0 Å². The summed E-state index contributed by atoms with van der Waals surface area (Å²) in [6.45, 7) is 1.49. The van der Waals surface area contributed by atoms with E-state index in [1.807, 2.05) is 0 Å². The average Bonchev–Trinajstić information content (AvgIpc) is 2.59. The zero-order valence-electron chi connectivity index (χ0n) is 13.8. The first-order valence-corrected chi connectivity index (χ1v) is 7.32. The van der Waals surface area contributed by atoms with Gasteiger partial charge in [0.05, 0.1) is 14.2 Å². The number of methoxy groups -OCH3 is 2. The van der Waals surface area contributed by atoms with Gasteiger partial charge in [-0.2, -0.15) is 0 Å². The molecule has 25 heavy (non-hydrogen) atoms. The molecule has 0 saturated heterocycles. The molecule has 7 heteroatoms. The second-order valence-corrected chi connectivity index (χ2v) is 5.45. The van der Waals surface area contributed by atoms with Gasteiger partial charge in [-0.15, -0.1) is 0 Å². The van der Waals surface area contributed by atoms with E-state index in [2.05, 4.69) is 0 Å². The fourth-order valence-electron chi connectivity index (χ4n) is 2.57. The van der Waals surface area contributed by atoms with Crippen LogP contribution in [0.25, 0.3) is 22.3 Å². The van der Waals surface area contributed by atoms with E-state index in [9.17, 15) is 20.1 Å². The number of rotatable bonds is 3. The molecule has 0 spiro atoms. The minimum Gasteiger partial charge on any atom is -0.507 e. The molecule has 0 radical (unpaired) electrons. The topological polar surface area (TPSA) is 109 Å². The Morgan fingerprint density at radius 2 is 1.52 bits per heavy atom. The van der Waals surface area contributed by atoms with Gasteiger partial charge in [-0.3, -0.25) is 4.79 Å². The van der Waals surface area contributed by atoms with Crippen LogP contribution in [-0.4, -0.2) is 29.5 Å². The number of aromatic hydroxyl groups is 3. The van der Waals surface area contributed by atoms with Crippen LogP contribution in [0.5, 0.6) is 28.7 Å².